The first-order chi connectivity index (χ1) is 10.7. The van der Waals surface area contributed by atoms with Crippen LogP contribution >= 0.6 is 0 Å². The lowest BCUT2D eigenvalue weighted by atomic mass is 9.94. The Bertz CT molecular complexity index is 641. The van der Waals surface area contributed by atoms with E-state index in [0.717, 1.165) is 18.4 Å². The maximum Gasteiger partial charge on any atom is 0.276 e. The normalized spacial score (nSPS) is 21.8. The third-order valence-electron chi connectivity index (χ3n) is 4.17. The van der Waals surface area contributed by atoms with Crippen molar-refractivity contribution in [1.82, 2.24) is 15.0 Å². The molecule has 0 radical (unpaired) electrons. The second kappa shape index (κ2) is 6.27. The summed E-state index contributed by atoms with van der Waals surface area (Å²) in [5, 5.41) is 13.2. The Morgan fingerprint density at radius 1 is 1.50 bits per heavy atom. The van der Waals surface area contributed by atoms with Gasteiger partial charge in [-0.25, -0.2) is 0 Å². The predicted octanol–water partition coefficient (Wildman–Crippen LogP) is 1.97. The van der Waals surface area contributed by atoms with E-state index in [0.29, 0.717) is 18.0 Å². The lowest BCUT2D eigenvalue weighted by Crippen LogP contribution is -2.46. The summed E-state index contributed by atoms with van der Waals surface area (Å²) in [6.45, 7) is 2.69. The number of likely N-dealkylation sites (tertiary alicyclic amines) is 1. The molecule has 0 aromatic carbocycles. The molecule has 1 saturated heterocycles. The second-order valence-electron chi connectivity index (χ2n) is 5.75. The minimum absolute atomic E-state index is 0.107. The molecule has 1 fully saturated rings. The fourth-order valence-corrected chi connectivity index (χ4v) is 2.78. The molecule has 0 spiro atoms. The van der Waals surface area contributed by atoms with Gasteiger partial charge in [0.05, 0.1) is 0 Å². The molecule has 2 aromatic rings. The second-order valence-corrected chi connectivity index (χ2v) is 5.75. The highest BCUT2D eigenvalue weighted by atomic mass is 16.5. The van der Waals surface area contributed by atoms with Gasteiger partial charge in [-0.2, -0.15) is 0 Å². The van der Waals surface area contributed by atoms with E-state index in [1.165, 1.54) is 0 Å². The van der Waals surface area contributed by atoms with Crippen molar-refractivity contribution < 1.29 is 14.4 Å². The zero-order valence-corrected chi connectivity index (χ0v) is 12.5. The number of nitrogens with zero attached hydrogens (tertiary/aromatic N) is 3. The van der Waals surface area contributed by atoms with E-state index in [9.17, 15) is 9.90 Å². The maximum atomic E-state index is 12.6. The van der Waals surface area contributed by atoms with Crippen molar-refractivity contribution in [2.75, 3.05) is 13.2 Å². The van der Waals surface area contributed by atoms with Gasteiger partial charge < -0.3 is 14.5 Å². The number of hydrogen-bond donors (Lipinski definition) is 1. The van der Waals surface area contributed by atoms with Crippen molar-refractivity contribution >= 4 is 5.91 Å². The van der Waals surface area contributed by atoms with Gasteiger partial charge in [0, 0.05) is 43.2 Å². The van der Waals surface area contributed by atoms with Crippen LogP contribution in [-0.2, 0) is 0 Å². The molecule has 1 aliphatic heterocycles. The lowest BCUT2D eigenvalue weighted by Gasteiger charge is -2.36. The van der Waals surface area contributed by atoms with Crippen LogP contribution in [0.4, 0.5) is 0 Å². The Hall–Kier alpha value is -2.21. The van der Waals surface area contributed by atoms with Crippen LogP contribution in [0.25, 0.3) is 11.3 Å². The third-order valence-corrected chi connectivity index (χ3v) is 4.17. The summed E-state index contributed by atoms with van der Waals surface area (Å²) in [5.41, 5.74) is 1.08. The molecule has 3 heterocycles. The van der Waals surface area contributed by atoms with E-state index in [2.05, 4.69) is 10.1 Å². The Labute approximate surface area is 128 Å². The molecule has 116 valence electrons. The number of rotatable bonds is 3. The number of amides is 1. The van der Waals surface area contributed by atoms with E-state index in [1.54, 1.807) is 29.4 Å². The van der Waals surface area contributed by atoms with Gasteiger partial charge >= 0.3 is 0 Å². The van der Waals surface area contributed by atoms with Crippen molar-refractivity contribution in [3.63, 3.8) is 0 Å². The number of aliphatic hydroxyl groups excluding tert-OH is 1. The van der Waals surface area contributed by atoms with E-state index in [1.807, 2.05) is 13.0 Å². The van der Waals surface area contributed by atoms with Gasteiger partial charge in [-0.15, -0.1) is 0 Å². The van der Waals surface area contributed by atoms with Crippen LogP contribution < -0.4 is 0 Å². The van der Waals surface area contributed by atoms with E-state index < -0.39 is 0 Å². The van der Waals surface area contributed by atoms with Gasteiger partial charge in [0.25, 0.3) is 5.91 Å². The van der Waals surface area contributed by atoms with Crippen LogP contribution in [0.3, 0.4) is 0 Å². The van der Waals surface area contributed by atoms with Gasteiger partial charge in [-0.1, -0.05) is 5.16 Å². The molecule has 6 heteroatoms. The summed E-state index contributed by atoms with van der Waals surface area (Å²) in [7, 11) is 0. The first-order valence-corrected chi connectivity index (χ1v) is 7.48. The van der Waals surface area contributed by atoms with Crippen LogP contribution in [0.15, 0.2) is 35.1 Å². The van der Waals surface area contributed by atoms with Crippen LogP contribution in [0.1, 0.15) is 30.3 Å². The van der Waals surface area contributed by atoms with Crippen LogP contribution in [0, 0.1) is 5.92 Å². The molecule has 1 amide bonds. The van der Waals surface area contributed by atoms with Gasteiger partial charge in [-0.3, -0.25) is 9.78 Å². The summed E-state index contributed by atoms with van der Waals surface area (Å²) >= 11 is 0. The number of pyridine rings is 1. The van der Waals surface area contributed by atoms with E-state index in [-0.39, 0.29) is 24.5 Å². The molecule has 0 bridgehead atoms. The van der Waals surface area contributed by atoms with Gasteiger partial charge in [-0.05, 0) is 37.8 Å². The summed E-state index contributed by atoms with van der Waals surface area (Å²) < 4.78 is 5.26. The molecule has 1 N–H and O–H groups in total. The van der Waals surface area contributed by atoms with Crippen molar-refractivity contribution in [2.24, 2.45) is 5.92 Å². The fraction of sp³-hybridized carbons (Fsp3) is 0.438. The van der Waals surface area contributed by atoms with E-state index in [4.69, 9.17) is 4.52 Å². The van der Waals surface area contributed by atoms with Crippen molar-refractivity contribution in [3.8, 4) is 11.3 Å². The van der Waals surface area contributed by atoms with Crippen LogP contribution in [0.5, 0.6) is 0 Å². The number of hydrogen-bond acceptors (Lipinski definition) is 5. The largest absolute Gasteiger partial charge is 0.396 e. The Kier molecular flexibility index (Phi) is 4.20. The summed E-state index contributed by atoms with van der Waals surface area (Å²) in [6.07, 6.45) is 5.18. The third kappa shape index (κ3) is 2.87. The molecule has 22 heavy (non-hydrogen) atoms. The predicted molar refractivity (Wildman–Crippen MR) is 80.0 cm³/mol. The quantitative estimate of drug-likeness (QED) is 0.937. The lowest BCUT2D eigenvalue weighted by molar-refractivity contribution is 0.0479. The number of aromatic nitrogens is 2. The molecule has 6 nitrogen and oxygen atoms in total. The van der Waals surface area contributed by atoms with Crippen LogP contribution in [0.2, 0.25) is 0 Å². The smallest absolute Gasteiger partial charge is 0.276 e. The minimum atomic E-state index is -0.149. The Balaban J connectivity index is 1.79. The Morgan fingerprint density at radius 2 is 2.36 bits per heavy atom. The Morgan fingerprint density at radius 3 is 3.09 bits per heavy atom. The minimum Gasteiger partial charge on any atom is -0.396 e. The zero-order chi connectivity index (χ0) is 15.5. The molecular formula is C16H19N3O3. The number of carbonyl (C=O) groups excluding carboxylic acids is 1. The average Bonchev–Trinajstić information content (AvgIpc) is 3.05. The highest BCUT2D eigenvalue weighted by Crippen LogP contribution is 2.25. The first kappa shape index (κ1) is 14.7. The molecule has 0 saturated carbocycles. The van der Waals surface area contributed by atoms with Crippen molar-refractivity contribution in [2.45, 2.75) is 25.8 Å². The number of carbonyl (C=O) groups is 1. The SMILES string of the molecule is CC1CCC(CO)CN1C(=O)c1cc(-c2cccnc2)on1. The summed E-state index contributed by atoms with van der Waals surface area (Å²) in [5.74, 6) is 0.522. The number of aliphatic hydroxyl groups is 1. The van der Waals surface area contributed by atoms with Gasteiger partial charge in [0.1, 0.15) is 0 Å². The summed E-state index contributed by atoms with van der Waals surface area (Å²) in [6, 6.07) is 5.45. The molecule has 2 unspecified atom stereocenters. The standard InChI is InChI=1S/C16H19N3O3/c1-11-4-5-12(10-20)9-19(11)16(21)14-7-15(22-18-14)13-3-2-6-17-8-13/h2-3,6-8,11-12,20H,4-5,9-10H2,1H3. The molecule has 2 atom stereocenters. The zero-order valence-electron chi connectivity index (χ0n) is 12.5. The molecule has 3 rings (SSSR count). The highest BCUT2D eigenvalue weighted by molar-refractivity contribution is 5.93. The van der Waals surface area contributed by atoms with Crippen LogP contribution in [-0.4, -0.2) is 45.2 Å². The average molecular weight is 301 g/mol. The van der Waals surface area contributed by atoms with E-state index >= 15 is 0 Å². The molecule has 1 aliphatic rings. The molecule has 0 aliphatic carbocycles. The van der Waals surface area contributed by atoms with Gasteiger partial charge in [0.2, 0.25) is 0 Å². The highest BCUT2D eigenvalue weighted by Gasteiger charge is 2.30. The van der Waals surface area contributed by atoms with Gasteiger partial charge in [0.15, 0.2) is 11.5 Å². The maximum absolute atomic E-state index is 12.6. The van der Waals surface area contributed by atoms with Crippen molar-refractivity contribution in [1.29, 1.82) is 0 Å². The van der Waals surface area contributed by atoms with Crippen molar-refractivity contribution in [3.05, 3.63) is 36.3 Å². The summed E-state index contributed by atoms with van der Waals surface area (Å²) in [4.78, 5) is 18.4. The first-order valence-electron chi connectivity index (χ1n) is 7.48. The number of piperidine rings is 1. The fourth-order valence-electron chi connectivity index (χ4n) is 2.78. The monoisotopic (exact) mass is 301 g/mol. The molecular weight excluding hydrogens is 282 g/mol. The molecule has 2 aromatic heterocycles. The topological polar surface area (TPSA) is 79.5 Å².